The fraction of sp³-hybridized carbons (Fsp3) is 0.462. The van der Waals surface area contributed by atoms with Crippen LogP contribution in [0.15, 0.2) is 36.7 Å². The first kappa shape index (κ1) is 25.1. The monoisotopic (exact) mass is 525 g/mol. The van der Waals surface area contributed by atoms with Crippen molar-refractivity contribution in [2.45, 2.75) is 26.3 Å². The lowest BCUT2D eigenvalue weighted by atomic mass is 9.96. The van der Waals surface area contributed by atoms with Gasteiger partial charge in [-0.2, -0.15) is 0 Å². The summed E-state index contributed by atoms with van der Waals surface area (Å²) in [6.07, 6.45) is 5.24. The van der Waals surface area contributed by atoms with Gasteiger partial charge in [-0.05, 0) is 37.6 Å². The Hall–Kier alpha value is -2.59. The number of hydrogen-bond donors (Lipinski definition) is 2. The maximum atomic E-state index is 13.3. The van der Waals surface area contributed by atoms with Crippen LogP contribution in [0.2, 0.25) is 5.15 Å². The van der Waals surface area contributed by atoms with Crippen LogP contribution in [0.1, 0.15) is 35.0 Å². The molecular weight excluding hydrogens is 494 g/mol. The van der Waals surface area contributed by atoms with Crippen LogP contribution < -0.4 is 15.5 Å². The predicted octanol–water partition coefficient (Wildman–Crippen LogP) is 4.19. The standard InChI is InChI=1S/C26H32ClN7OS/c1-2-18(7-12-33-13-9-28-10-14-33)23(35)22-6-5-21(36-22)20-16-31-25-26(32-20)34(15-11-30-25)17-19-4-3-8-29-24(19)27/h3-6,8,16,18,28H,2,7,9-15,17H2,1H3,(H,30,31). The second-order valence-corrected chi connectivity index (χ2v) is 10.7. The zero-order chi connectivity index (χ0) is 24.9. The molecule has 36 heavy (non-hydrogen) atoms. The highest BCUT2D eigenvalue weighted by molar-refractivity contribution is 7.17. The Labute approximate surface area is 221 Å². The van der Waals surface area contributed by atoms with Crippen molar-refractivity contribution < 1.29 is 4.79 Å². The van der Waals surface area contributed by atoms with Crippen molar-refractivity contribution in [1.82, 2.24) is 25.2 Å². The van der Waals surface area contributed by atoms with E-state index in [0.717, 1.165) is 91.3 Å². The van der Waals surface area contributed by atoms with Gasteiger partial charge in [0.05, 0.1) is 16.0 Å². The minimum absolute atomic E-state index is 0.0462. The van der Waals surface area contributed by atoms with Gasteiger partial charge < -0.3 is 20.4 Å². The van der Waals surface area contributed by atoms with Crippen molar-refractivity contribution in [2.75, 3.05) is 56.0 Å². The average molecular weight is 526 g/mol. The number of halogens is 1. The largest absolute Gasteiger partial charge is 0.365 e. The number of anilines is 2. The lowest BCUT2D eigenvalue weighted by molar-refractivity contribution is 0.0900. The number of ketones is 1. The SMILES string of the molecule is CCC(CCN1CCNCC1)C(=O)c1ccc(-c2cnc3c(n2)N(Cc2cccnc2Cl)CCN3)s1. The van der Waals surface area contributed by atoms with E-state index in [4.69, 9.17) is 16.6 Å². The summed E-state index contributed by atoms with van der Waals surface area (Å²) in [5.74, 6) is 1.84. The molecule has 1 atom stereocenters. The molecule has 1 unspecified atom stereocenters. The van der Waals surface area contributed by atoms with Gasteiger partial charge >= 0.3 is 0 Å². The number of rotatable bonds is 9. The Kier molecular flexibility index (Phi) is 8.11. The summed E-state index contributed by atoms with van der Waals surface area (Å²) in [6, 6.07) is 7.82. The minimum Gasteiger partial charge on any atom is -0.365 e. The van der Waals surface area contributed by atoms with Crippen LogP contribution in [-0.2, 0) is 6.54 Å². The Balaban J connectivity index is 1.30. The fourth-order valence-corrected chi connectivity index (χ4v) is 5.92. The molecule has 5 heterocycles. The number of piperazine rings is 1. The molecule has 2 aliphatic rings. The summed E-state index contributed by atoms with van der Waals surface area (Å²) >= 11 is 7.82. The quantitative estimate of drug-likeness (QED) is 0.318. The zero-order valence-electron chi connectivity index (χ0n) is 20.5. The molecule has 0 saturated carbocycles. The molecule has 0 aliphatic carbocycles. The number of pyridine rings is 1. The van der Waals surface area contributed by atoms with Crippen LogP contribution in [-0.4, -0.2) is 71.4 Å². The normalized spacial score (nSPS) is 16.9. The molecule has 3 aromatic heterocycles. The molecule has 3 aromatic rings. The highest BCUT2D eigenvalue weighted by Crippen LogP contribution is 2.34. The van der Waals surface area contributed by atoms with E-state index < -0.39 is 0 Å². The second kappa shape index (κ2) is 11.6. The Morgan fingerprint density at radius 3 is 2.83 bits per heavy atom. The lowest BCUT2D eigenvalue weighted by Gasteiger charge is -2.30. The third-order valence-electron chi connectivity index (χ3n) is 6.89. The van der Waals surface area contributed by atoms with E-state index in [-0.39, 0.29) is 11.7 Å². The number of carbonyl (C=O) groups excluding carboxylic acids is 1. The van der Waals surface area contributed by atoms with E-state index in [1.54, 1.807) is 12.4 Å². The lowest BCUT2D eigenvalue weighted by Crippen LogP contribution is -2.44. The predicted molar refractivity (Wildman–Crippen MR) is 146 cm³/mol. The van der Waals surface area contributed by atoms with Crippen LogP contribution in [0.3, 0.4) is 0 Å². The molecule has 0 spiro atoms. The maximum Gasteiger partial charge on any atom is 0.175 e. The second-order valence-electron chi connectivity index (χ2n) is 9.24. The van der Waals surface area contributed by atoms with E-state index in [0.29, 0.717) is 11.7 Å². The molecule has 0 bridgehead atoms. The van der Waals surface area contributed by atoms with Crippen molar-refractivity contribution in [3.05, 3.63) is 52.3 Å². The van der Waals surface area contributed by atoms with Crippen LogP contribution in [0.4, 0.5) is 11.6 Å². The van der Waals surface area contributed by atoms with Gasteiger partial charge in [0.25, 0.3) is 0 Å². The first-order chi connectivity index (χ1) is 17.6. The van der Waals surface area contributed by atoms with Gasteiger partial charge in [-0.25, -0.2) is 15.0 Å². The van der Waals surface area contributed by atoms with Crippen molar-refractivity contribution >= 4 is 40.4 Å². The van der Waals surface area contributed by atoms with Crippen molar-refractivity contribution in [3.63, 3.8) is 0 Å². The van der Waals surface area contributed by atoms with E-state index in [2.05, 4.69) is 37.3 Å². The van der Waals surface area contributed by atoms with Crippen LogP contribution in [0.5, 0.6) is 0 Å². The number of fused-ring (bicyclic) bond motifs is 1. The van der Waals surface area contributed by atoms with E-state index in [1.807, 2.05) is 24.3 Å². The van der Waals surface area contributed by atoms with E-state index in [1.165, 1.54) is 11.3 Å². The summed E-state index contributed by atoms with van der Waals surface area (Å²) < 4.78 is 0. The molecule has 10 heteroatoms. The molecule has 190 valence electrons. The van der Waals surface area contributed by atoms with Crippen molar-refractivity contribution in [1.29, 1.82) is 0 Å². The molecule has 8 nitrogen and oxygen atoms in total. The van der Waals surface area contributed by atoms with Gasteiger partial charge in [0.15, 0.2) is 17.4 Å². The zero-order valence-corrected chi connectivity index (χ0v) is 22.1. The topological polar surface area (TPSA) is 86.3 Å². The Morgan fingerprint density at radius 1 is 1.17 bits per heavy atom. The maximum absolute atomic E-state index is 13.3. The highest BCUT2D eigenvalue weighted by atomic mass is 35.5. The number of nitrogens with one attached hydrogen (secondary N) is 2. The number of Topliss-reactive ketones (excluding diaryl/α,β-unsaturated/α-hetero) is 1. The van der Waals surface area contributed by atoms with Crippen molar-refractivity contribution in [2.24, 2.45) is 5.92 Å². The number of nitrogens with zero attached hydrogens (tertiary/aromatic N) is 5. The number of hydrogen-bond acceptors (Lipinski definition) is 9. The molecular formula is C26H32ClN7OS. The van der Waals surface area contributed by atoms with E-state index in [9.17, 15) is 4.79 Å². The van der Waals surface area contributed by atoms with Gasteiger partial charge in [-0.15, -0.1) is 11.3 Å². The molecule has 5 rings (SSSR count). The Bertz CT molecular complexity index is 1200. The summed E-state index contributed by atoms with van der Waals surface area (Å²) in [4.78, 5) is 33.5. The molecule has 0 amide bonds. The summed E-state index contributed by atoms with van der Waals surface area (Å²) in [6.45, 7) is 9.45. The molecule has 0 radical (unpaired) electrons. The summed E-state index contributed by atoms with van der Waals surface area (Å²) in [7, 11) is 0. The average Bonchev–Trinajstić information content (AvgIpc) is 3.41. The molecule has 0 aromatic carbocycles. The summed E-state index contributed by atoms with van der Waals surface area (Å²) in [5, 5.41) is 7.23. The van der Waals surface area contributed by atoms with Crippen LogP contribution in [0, 0.1) is 5.92 Å². The van der Waals surface area contributed by atoms with Crippen LogP contribution >= 0.6 is 22.9 Å². The molecule has 2 N–H and O–H groups in total. The van der Waals surface area contributed by atoms with Gasteiger partial charge in [0.2, 0.25) is 0 Å². The third-order valence-corrected chi connectivity index (χ3v) is 8.36. The number of thiophene rings is 1. The third kappa shape index (κ3) is 5.70. The van der Waals surface area contributed by atoms with Gasteiger partial charge in [-0.3, -0.25) is 4.79 Å². The fourth-order valence-electron chi connectivity index (χ4n) is 4.76. The van der Waals surface area contributed by atoms with Gasteiger partial charge in [0.1, 0.15) is 10.8 Å². The molecule has 1 saturated heterocycles. The molecule has 2 aliphatic heterocycles. The van der Waals surface area contributed by atoms with E-state index >= 15 is 0 Å². The van der Waals surface area contributed by atoms with Crippen LogP contribution in [0.25, 0.3) is 10.6 Å². The first-order valence-corrected chi connectivity index (χ1v) is 13.8. The van der Waals surface area contributed by atoms with Crippen molar-refractivity contribution in [3.8, 4) is 10.6 Å². The number of aromatic nitrogens is 3. The highest BCUT2D eigenvalue weighted by Gasteiger charge is 2.24. The smallest absolute Gasteiger partial charge is 0.175 e. The van der Waals surface area contributed by atoms with Gasteiger partial charge in [-0.1, -0.05) is 24.6 Å². The Morgan fingerprint density at radius 2 is 2.03 bits per heavy atom. The summed E-state index contributed by atoms with van der Waals surface area (Å²) in [5.41, 5.74) is 1.73. The van der Waals surface area contributed by atoms with Gasteiger partial charge in [0, 0.05) is 63.5 Å². The molecule has 1 fully saturated rings. The minimum atomic E-state index is 0.0462. The number of carbonyl (C=O) groups is 1. The first-order valence-electron chi connectivity index (χ1n) is 12.6.